The number of rotatable bonds is 8. The Morgan fingerprint density at radius 2 is 1.76 bits per heavy atom. The van der Waals surface area contributed by atoms with Crippen molar-refractivity contribution in [3.63, 3.8) is 0 Å². The maximum absolute atomic E-state index is 12.3. The summed E-state index contributed by atoms with van der Waals surface area (Å²) in [5.41, 5.74) is 4.16. The highest BCUT2D eigenvalue weighted by atomic mass is 19.4. The molecule has 178 valence electrons. The first-order chi connectivity index (χ1) is 15.8. The van der Waals surface area contributed by atoms with Gasteiger partial charge in [-0.1, -0.05) is 63.1 Å². The molecule has 4 heteroatoms. The van der Waals surface area contributed by atoms with E-state index in [4.69, 9.17) is 4.74 Å². The van der Waals surface area contributed by atoms with Crippen LogP contribution in [0, 0.1) is 17.8 Å². The van der Waals surface area contributed by atoms with Gasteiger partial charge in [-0.05, 0) is 90.2 Å². The fourth-order valence-corrected chi connectivity index (χ4v) is 6.51. The van der Waals surface area contributed by atoms with Crippen LogP contribution in [0.5, 0.6) is 5.75 Å². The molecular weight excluding hydrogens is 421 g/mol. The Labute approximate surface area is 196 Å². The maximum Gasteiger partial charge on any atom is 0.409 e. The van der Waals surface area contributed by atoms with Crippen LogP contribution in [0.25, 0.3) is 11.1 Å². The molecule has 2 bridgehead atoms. The number of allylic oxidation sites excluding steroid dienone is 1. The molecule has 2 aromatic carbocycles. The molecule has 0 aliphatic heterocycles. The topological polar surface area (TPSA) is 9.23 Å². The summed E-state index contributed by atoms with van der Waals surface area (Å²) < 4.78 is 42.2. The Bertz CT molecular complexity index is 936. The summed E-state index contributed by atoms with van der Waals surface area (Å²) in [6.07, 6.45) is 6.01. The summed E-state index contributed by atoms with van der Waals surface area (Å²) in [7, 11) is 0. The number of ether oxygens (including phenoxy) is 1. The molecule has 0 aromatic heterocycles. The van der Waals surface area contributed by atoms with Gasteiger partial charge in [-0.3, -0.25) is 0 Å². The molecule has 3 fully saturated rings. The lowest BCUT2D eigenvalue weighted by Gasteiger charge is -2.55. The minimum atomic E-state index is -4.30. The molecule has 2 atom stereocenters. The van der Waals surface area contributed by atoms with E-state index in [-0.39, 0.29) is 18.1 Å². The molecule has 0 spiro atoms. The first kappa shape index (κ1) is 23.9. The third-order valence-corrected chi connectivity index (χ3v) is 8.01. The molecule has 33 heavy (non-hydrogen) atoms. The van der Waals surface area contributed by atoms with E-state index >= 15 is 0 Å². The zero-order valence-electron chi connectivity index (χ0n) is 19.7. The Morgan fingerprint density at radius 3 is 2.42 bits per heavy atom. The van der Waals surface area contributed by atoms with Crippen LogP contribution >= 0.6 is 0 Å². The van der Waals surface area contributed by atoms with E-state index in [0.717, 1.165) is 29.4 Å². The van der Waals surface area contributed by atoms with Gasteiger partial charge in [0, 0.05) is 6.08 Å². The van der Waals surface area contributed by atoms with Gasteiger partial charge in [0.25, 0.3) is 0 Å². The lowest BCUT2D eigenvalue weighted by Crippen LogP contribution is -2.48. The zero-order valence-corrected chi connectivity index (χ0v) is 19.7. The molecule has 0 radical (unpaired) electrons. The van der Waals surface area contributed by atoms with Crippen molar-refractivity contribution in [2.75, 3.05) is 6.61 Å². The Morgan fingerprint density at radius 1 is 1.06 bits per heavy atom. The lowest BCUT2D eigenvalue weighted by molar-refractivity contribution is -0.0801. The smallest absolute Gasteiger partial charge is 0.409 e. The van der Waals surface area contributed by atoms with Crippen LogP contribution < -0.4 is 4.74 Å². The van der Waals surface area contributed by atoms with E-state index in [0.29, 0.717) is 5.75 Å². The lowest BCUT2D eigenvalue weighted by atomic mass is 9.49. The Kier molecular flexibility index (Phi) is 7.21. The third-order valence-electron chi connectivity index (χ3n) is 8.01. The molecule has 0 amide bonds. The van der Waals surface area contributed by atoms with Crippen molar-refractivity contribution in [3.8, 4) is 16.9 Å². The highest BCUT2D eigenvalue weighted by molar-refractivity contribution is 5.70. The van der Waals surface area contributed by atoms with Crippen molar-refractivity contribution in [1.29, 1.82) is 0 Å². The first-order valence-electron chi connectivity index (χ1n) is 12.4. The number of hydrogen-bond donors (Lipinski definition) is 0. The zero-order chi connectivity index (χ0) is 23.5. The van der Waals surface area contributed by atoms with Crippen LogP contribution in [0.2, 0.25) is 0 Å². The minimum absolute atomic E-state index is 0.100. The monoisotopic (exact) mass is 456 g/mol. The molecule has 3 saturated carbocycles. The predicted octanol–water partition coefficient (Wildman–Crippen LogP) is 8.74. The van der Waals surface area contributed by atoms with Gasteiger partial charge in [-0.15, -0.1) is 0 Å². The second kappa shape index (κ2) is 9.95. The van der Waals surface area contributed by atoms with Crippen LogP contribution in [0.4, 0.5) is 13.2 Å². The van der Waals surface area contributed by atoms with E-state index in [1.165, 1.54) is 56.1 Å². The van der Waals surface area contributed by atoms with Crippen molar-refractivity contribution in [2.24, 2.45) is 17.8 Å². The van der Waals surface area contributed by atoms with Crippen LogP contribution in [0.1, 0.15) is 64.4 Å². The quantitative estimate of drug-likeness (QED) is 0.361. The van der Waals surface area contributed by atoms with Crippen molar-refractivity contribution in [3.05, 3.63) is 66.2 Å². The van der Waals surface area contributed by atoms with Gasteiger partial charge in [0.2, 0.25) is 0 Å². The SMILES string of the molecule is CCCC(C)C1CC2CCC1(c1ccccc1-c1ccc(OCC=CC(F)(F)F)cc1)CC2. The average molecular weight is 457 g/mol. The summed E-state index contributed by atoms with van der Waals surface area (Å²) in [5, 5.41) is 0. The third kappa shape index (κ3) is 5.31. The number of benzene rings is 2. The Balaban J connectivity index is 1.59. The summed E-state index contributed by atoms with van der Waals surface area (Å²) in [4.78, 5) is 0. The van der Waals surface area contributed by atoms with E-state index < -0.39 is 6.18 Å². The summed E-state index contributed by atoms with van der Waals surface area (Å²) in [6.45, 7) is 4.65. The van der Waals surface area contributed by atoms with Gasteiger partial charge < -0.3 is 4.74 Å². The van der Waals surface area contributed by atoms with Crippen LogP contribution in [-0.2, 0) is 5.41 Å². The maximum atomic E-state index is 12.3. The number of alkyl halides is 3. The Hall–Kier alpha value is -2.23. The van der Waals surface area contributed by atoms with Crippen molar-refractivity contribution in [2.45, 2.75) is 70.4 Å². The molecule has 5 rings (SSSR count). The number of halogens is 3. The fraction of sp³-hybridized carbons (Fsp3) is 0.517. The van der Waals surface area contributed by atoms with Gasteiger partial charge >= 0.3 is 6.18 Å². The van der Waals surface area contributed by atoms with Gasteiger partial charge in [0.15, 0.2) is 0 Å². The summed E-state index contributed by atoms with van der Waals surface area (Å²) >= 11 is 0. The minimum Gasteiger partial charge on any atom is -0.490 e. The second-order valence-corrected chi connectivity index (χ2v) is 10.0. The largest absolute Gasteiger partial charge is 0.490 e. The van der Waals surface area contributed by atoms with E-state index in [1.807, 2.05) is 24.3 Å². The van der Waals surface area contributed by atoms with Crippen molar-refractivity contribution >= 4 is 0 Å². The number of hydrogen-bond acceptors (Lipinski definition) is 1. The fourth-order valence-electron chi connectivity index (χ4n) is 6.51. The van der Waals surface area contributed by atoms with E-state index in [1.54, 1.807) is 0 Å². The standard InChI is InChI=1S/C29H35F3O/c1-3-7-21(2)27-20-22-14-17-28(27,18-15-22)26-9-5-4-8-25(26)23-10-12-24(13-11-23)33-19-6-16-29(30,31)32/h4-6,8-13,16,21-22,27H,3,7,14-15,17-20H2,1-2H3. The number of fused-ring (bicyclic) bond motifs is 3. The summed E-state index contributed by atoms with van der Waals surface area (Å²) in [5.74, 6) is 2.93. The molecule has 0 N–H and O–H groups in total. The molecule has 0 heterocycles. The molecule has 1 nitrogen and oxygen atoms in total. The van der Waals surface area contributed by atoms with Crippen LogP contribution in [0.15, 0.2) is 60.7 Å². The molecule has 0 saturated heterocycles. The average Bonchev–Trinajstić information content (AvgIpc) is 2.82. The van der Waals surface area contributed by atoms with Gasteiger partial charge in [-0.25, -0.2) is 0 Å². The van der Waals surface area contributed by atoms with Gasteiger partial charge in [0.1, 0.15) is 12.4 Å². The normalized spacial score (nSPS) is 26.0. The second-order valence-electron chi connectivity index (χ2n) is 10.0. The summed E-state index contributed by atoms with van der Waals surface area (Å²) in [6, 6.07) is 16.7. The van der Waals surface area contributed by atoms with Crippen LogP contribution in [0.3, 0.4) is 0 Å². The molecule has 3 aliphatic rings. The highest BCUT2D eigenvalue weighted by Gasteiger charge is 2.50. The van der Waals surface area contributed by atoms with Gasteiger partial charge in [-0.2, -0.15) is 13.2 Å². The molecule has 3 aliphatic carbocycles. The first-order valence-corrected chi connectivity index (χ1v) is 12.4. The predicted molar refractivity (Wildman–Crippen MR) is 128 cm³/mol. The van der Waals surface area contributed by atoms with Crippen LogP contribution in [-0.4, -0.2) is 12.8 Å². The van der Waals surface area contributed by atoms with Gasteiger partial charge in [0.05, 0.1) is 0 Å². The highest BCUT2D eigenvalue weighted by Crippen LogP contribution is 2.59. The van der Waals surface area contributed by atoms with E-state index in [2.05, 4.69) is 38.1 Å². The molecule has 2 aromatic rings. The molecule has 2 unspecified atom stereocenters. The van der Waals surface area contributed by atoms with Crippen molar-refractivity contribution in [1.82, 2.24) is 0 Å². The van der Waals surface area contributed by atoms with E-state index in [9.17, 15) is 13.2 Å². The molecular formula is C29H35F3O. The van der Waals surface area contributed by atoms with Crippen molar-refractivity contribution < 1.29 is 17.9 Å².